The number of H-pyrrole nitrogens is 2. The molecular formula is C36H43ClFN7O. The number of hydrogen-bond acceptors (Lipinski definition) is 5. The molecule has 0 spiro atoms. The molecule has 1 aliphatic heterocycles. The highest BCUT2D eigenvalue weighted by Gasteiger charge is 2.22. The molecule has 5 aromatic rings. The van der Waals surface area contributed by atoms with E-state index in [0.29, 0.717) is 34.3 Å². The van der Waals surface area contributed by atoms with E-state index in [9.17, 15) is 4.79 Å². The number of nitrogens with zero attached hydrogens (tertiary/aromatic N) is 3. The lowest BCUT2D eigenvalue weighted by Gasteiger charge is -2.31. The molecule has 2 aromatic carbocycles. The second kappa shape index (κ2) is 13.8. The molecule has 4 heterocycles. The molecule has 4 N–H and O–H groups in total. The van der Waals surface area contributed by atoms with Crippen LogP contribution in [0.15, 0.2) is 53.5 Å². The van der Waals surface area contributed by atoms with Gasteiger partial charge in [0.15, 0.2) is 5.82 Å². The molecule has 8 nitrogen and oxygen atoms in total. The SMILES string of the molecule is Cc1nc(NCC[C@H]2CCC[C@H](c3ccc(-n4cc5cc(-c6cc(CCCC(C)C)cc(Cl)c6F)[nH]c5nc4=O)cc3)N2)[nH]c1C. The monoisotopic (exact) mass is 643 g/mol. The van der Waals surface area contributed by atoms with Crippen LogP contribution < -0.4 is 16.3 Å². The average Bonchev–Trinajstić information content (AvgIpc) is 3.59. The lowest BCUT2D eigenvalue weighted by atomic mass is 9.92. The van der Waals surface area contributed by atoms with E-state index in [1.807, 2.05) is 38.1 Å². The van der Waals surface area contributed by atoms with Crippen molar-refractivity contribution in [3.8, 4) is 16.9 Å². The summed E-state index contributed by atoms with van der Waals surface area (Å²) in [7, 11) is 0. The summed E-state index contributed by atoms with van der Waals surface area (Å²) in [5, 5.41) is 8.04. The van der Waals surface area contributed by atoms with Crippen molar-refractivity contribution in [1.29, 1.82) is 0 Å². The number of nitrogens with one attached hydrogen (secondary N) is 4. The first-order valence-electron chi connectivity index (χ1n) is 16.4. The number of aryl methyl sites for hydroxylation is 3. The first-order chi connectivity index (χ1) is 22.1. The Kier molecular flexibility index (Phi) is 9.61. The van der Waals surface area contributed by atoms with Gasteiger partial charge in [0.25, 0.3) is 0 Å². The minimum Gasteiger partial charge on any atom is -0.356 e. The van der Waals surface area contributed by atoms with Crippen molar-refractivity contribution in [3.63, 3.8) is 0 Å². The van der Waals surface area contributed by atoms with Crippen molar-refractivity contribution in [2.75, 3.05) is 11.9 Å². The predicted molar refractivity (Wildman–Crippen MR) is 185 cm³/mol. The van der Waals surface area contributed by atoms with E-state index < -0.39 is 11.5 Å². The van der Waals surface area contributed by atoms with Gasteiger partial charge >= 0.3 is 5.69 Å². The summed E-state index contributed by atoms with van der Waals surface area (Å²) in [5.41, 5.74) is 5.97. The zero-order chi connectivity index (χ0) is 32.4. The second-order valence-electron chi connectivity index (χ2n) is 13.1. The van der Waals surface area contributed by atoms with Crippen LogP contribution in [0.2, 0.25) is 5.02 Å². The fourth-order valence-corrected chi connectivity index (χ4v) is 6.64. The summed E-state index contributed by atoms with van der Waals surface area (Å²) in [4.78, 5) is 28.3. The number of anilines is 1. The number of fused-ring (bicyclic) bond motifs is 1. The van der Waals surface area contributed by atoms with E-state index in [1.165, 1.54) is 10.1 Å². The van der Waals surface area contributed by atoms with Crippen molar-refractivity contribution in [3.05, 3.63) is 92.5 Å². The largest absolute Gasteiger partial charge is 0.356 e. The molecule has 0 amide bonds. The van der Waals surface area contributed by atoms with Gasteiger partial charge in [-0.25, -0.2) is 14.2 Å². The van der Waals surface area contributed by atoms with Gasteiger partial charge in [-0.15, -0.1) is 0 Å². The van der Waals surface area contributed by atoms with Crippen LogP contribution in [0, 0.1) is 25.6 Å². The van der Waals surface area contributed by atoms with Crippen LogP contribution in [-0.2, 0) is 6.42 Å². The zero-order valence-electron chi connectivity index (χ0n) is 27.0. The summed E-state index contributed by atoms with van der Waals surface area (Å²) in [5.74, 6) is 0.954. The molecule has 0 aliphatic carbocycles. The van der Waals surface area contributed by atoms with Crippen LogP contribution in [0.1, 0.15) is 80.9 Å². The maximum Gasteiger partial charge on any atom is 0.354 e. The third-order valence-electron chi connectivity index (χ3n) is 9.10. The van der Waals surface area contributed by atoms with Gasteiger partial charge in [-0.05, 0) is 93.3 Å². The van der Waals surface area contributed by atoms with Crippen LogP contribution in [-0.4, -0.2) is 37.1 Å². The summed E-state index contributed by atoms with van der Waals surface area (Å²) in [6.07, 6.45) is 9.06. The maximum atomic E-state index is 15.2. The Labute approximate surface area is 274 Å². The standard InChI is InChI=1S/C36H43ClFN7O/c1-21(2)7-5-8-24-17-29(33(38)30(37)18-24)32-19-26-20-45(36(46)44-34(26)43-32)28-13-11-25(12-14-28)31-10-6-9-27(42-31)15-16-39-35-40-22(3)23(4)41-35/h11-14,17-21,27,31,42H,5-10,15-16H2,1-4H3,(H2,39,40,41)(H,43,44,46)/t27-,31-/m1/s1. The maximum absolute atomic E-state index is 15.2. The molecule has 0 radical (unpaired) electrons. The second-order valence-corrected chi connectivity index (χ2v) is 13.5. The highest BCUT2D eigenvalue weighted by Crippen LogP contribution is 2.32. The topological polar surface area (TPSA) is 103 Å². The summed E-state index contributed by atoms with van der Waals surface area (Å²) < 4.78 is 16.7. The highest BCUT2D eigenvalue weighted by atomic mass is 35.5. The third-order valence-corrected chi connectivity index (χ3v) is 9.38. The van der Waals surface area contributed by atoms with E-state index in [4.69, 9.17) is 11.6 Å². The predicted octanol–water partition coefficient (Wildman–Crippen LogP) is 8.18. The third kappa shape index (κ3) is 7.21. The average molecular weight is 644 g/mol. The van der Waals surface area contributed by atoms with E-state index in [2.05, 4.69) is 56.5 Å². The van der Waals surface area contributed by atoms with Crippen molar-refractivity contribution in [2.24, 2.45) is 5.92 Å². The molecular weight excluding hydrogens is 601 g/mol. The zero-order valence-corrected chi connectivity index (χ0v) is 27.8. The normalized spacial score (nSPS) is 16.8. The number of benzene rings is 2. The number of aromatic nitrogens is 5. The fraction of sp³-hybridized carbons (Fsp3) is 0.417. The van der Waals surface area contributed by atoms with Crippen molar-refractivity contribution >= 4 is 28.6 Å². The molecule has 3 aromatic heterocycles. The molecule has 0 saturated carbocycles. The Balaban J connectivity index is 1.15. The molecule has 46 heavy (non-hydrogen) atoms. The quantitative estimate of drug-likeness (QED) is 0.116. The fourth-order valence-electron chi connectivity index (χ4n) is 6.40. The minimum absolute atomic E-state index is 0.0952. The number of piperidine rings is 1. The Bertz CT molecular complexity index is 1850. The van der Waals surface area contributed by atoms with Crippen molar-refractivity contribution in [2.45, 2.75) is 84.7 Å². The summed E-state index contributed by atoms with van der Waals surface area (Å²) in [6.45, 7) is 9.27. The van der Waals surface area contributed by atoms with Crippen molar-refractivity contribution in [1.82, 2.24) is 29.8 Å². The van der Waals surface area contributed by atoms with Gasteiger partial charge in [-0.2, -0.15) is 4.98 Å². The number of rotatable bonds is 11. The van der Waals surface area contributed by atoms with Crippen LogP contribution in [0.5, 0.6) is 0 Å². The molecule has 10 heteroatoms. The van der Waals surface area contributed by atoms with Crippen LogP contribution in [0.4, 0.5) is 10.3 Å². The van der Waals surface area contributed by atoms with E-state index in [0.717, 1.165) is 80.1 Å². The van der Waals surface area contributed by atoms with Gasteiger partial charge in [-0.1, -0.05) is 50.4 Å². The Morgan fingerprint density at radius 1 is 1.09 bits per heavy atom. The Morgan fingerprint density at radius 2 is 1.89 bits per heavy atom. The molecule has 1 saturated heterocycles. The van der Waals surface area contributed by atoms with Crippen LogP contribution in [0.3, 0.4) is 0 Å². The van der Waals surface area contributed by atoms with E-state index in [-0.39, 0.29) is 11.1 Å². The van der Waals surface area contributed by atoms with Gasteiger partial charge < -0.3 is 20.6 Å². The molecule has 6 rings (SSSR count). The van der Waals surface area contributed by atoms with E-state index >= 15 is 4.39 Å². The summed E-state index contributed by atoms with van der Waals surface area (Å²) in [6, 6.07) is 14.2. The van der Waals surface area contributed by atoms with Gasteiger partial charge in [-0.3, -0.25) is 4.57 Å². The molecule has 2 atom stereocenters. The number of aromatic amines is 2. The highest BCUT2D eigenvalue weighted by molar-refractivity contribution is 6.31. The Morgan fingerprint density at radius 3 is 2.63 bits per heavy atom. The number of imidazole rings is 1. The van der Waals surface area contributed by atoms with Gasteiger partial charge in [0, 0.05) is 41.5 Å². The molecule has 242 valence electrons. The smallest absolute Gasteiger partial charge is 0.354 e. The van der Waals surface area contributed by atoms with Crippen LogP contribution >= 0.6 is 11.6 Å². The first kappa shape index (κ1) is 32.0. The molecule has 1 fully saturated rings. The van der Waals surface area contributed by atoms with E-state index in [1.54, 1.807) is 12.3 Å². The van der Waals surface area contributed by atoms with Crippen molar-refractivity contribution < 1.29 is 4.39 Å². The lowest BCUT2D eigenvalue weighted by molar-refractivity contribution is 0.316. The van der Waals surface area contributed by atoms with Gasteiger partial charge in [0.1, 0.15) is 5.65 Å². The van der Waals surface area contributed by atoms with Gasteiger partial charge in [0.2, 0.25) is 5.95 Å². The molecule has 1 aliphatic rings. The Hall–Kier alpha value is -3.95. The summed E-state index contributed by atoms with van der Waals surface area (Å²) >= 11 is 6.30. The molecule has 0 bridgehead atoms. The lowest BCUT2D eigenvalue weighted by Crippen LogP contribution is -2.38. The minimum atomic E-state index is -0.482. The molecule has 0 unspecified atom stereocenters. The number of halogens is 2. The first-order valence-corrected chi connectivity index (χ1v) is 16.8. The number of hydrogen-bond donors (Lipinski definition) is 4. The van der Waals surface area contributed by atoms with Crippen LogP contribution in [0.25, 0.3) is 28.0 Å². The van der Waals surface area contributed by atoms with Gasteiger partial charge in [0.05, 0.1) is 22.1 Å².